The molecule has 3 N–H and O–H groups in total. The van der Waals surface area contributed by atoms with Crippen LogP contribution in [-0.2, 0) is 65.4 Å². The summed E-state index contributed by atoms with van der Waals surface area (Å²) in [4.78, 5) is 72.6. The van der Waals surface area contributed by atoms with Crippen molar-refractivity contribution in [2.45, 2.75) is 329 Å². The van der Waals surface area contributed by atoms with Gasteiger partial charge in [-0.05, 0) is 128 Å². The van der Waals surface area contributed by atoms with Crippen molar-refractivity contribution >= 4 is 39.5 Å². The van der Waals surface area contributed by atoms with E-state index in [0.29, 0.717) is 25.7 Å². The Kier molecular flexibility index (Phi) is 63.6. The highest BCUT2D eigenvalue weighted by Crippen LogP contribution is 2.45. The number of rotatable bonds is 68. The van der Waals surface area contributed by atoms with Gasteiger partial charge in [0.2, 0.25) is 0 Å². The third kappa shape index (κ3) is 65.2. The molecular weight excluding hydrogens is 1210 g/mol. The fraction of sp³-hybridized carbons (Fsp3) is 0.781. The Hall–Kier alpha value is -3.50. The Morgan fingerprint density at radius 2 is 0.576 bits per heavy atom. The van der Waals surface area contributed by atoms with Gasteiger partial charge in [0.25, 0.3) is 0 Å². The van der Waals surface area contributed by atoms with E-state index in [1.54, 1.807) is 0 Å². The first-order chi connectivity index (χ1) is 44.7. The number of carbonyl (C=O) groups excluding carboxylic acids is 4. The van der Waals surface area contributed by atoms with Gasteiger partial charge in [-0.2, -0.15) is 0 Å². The van der Waals surface area contributed by atoms with E-state index < -0.39 is 97.5 Å². The van der Waals surface area contributed by atoms with Crippen LogP contribution in [0, 0.1) is 0 Å². The van der Waals surface area contributed by atoms with E-state index in [2.05, 4.69) is 101 Å². The molecule has 0 rings (SSSR count). The van der Waals surface area contributed by atoms with Gasteiger partial charge in [-0.1, -0.05) is 229 Å². The minimum atomic E-state index is -4.97. The van der Waals surface area contributed by atoms with Crippen molar-refractivity contribution in [3.63, 3.8) is 0 Å². The van der Waals surface area contributed by atoms with Crippen LogP contribution in [0.25, 0.3) is 0 Å². The first kappa shape index (κ1) is 88.5. The van der Waals surface area contributed by atoms with Gasteiger partial charge in [0.1, 0.15) is 19.3 Å². The molecule has 0 saturated carbocycles. The lowest BCUT2D eigenvalue weighted by Gasteiger charge is -2.21. The summed E-state index contributed by atoms with van der Waals surface area (Å²) in [6.45, 7) is 4.65. The first-order valence-electron chi connectivity index (χ1n) is 36.2. The molecule has 0 aromatic carbocycles. The predicted molar refractivity (Wildman–Crippen MR) is 372 cm³/mol. The van der Waals surface area contributed by atoms with Gasteiger partial charge in [-0.15, -0.1) is 0 Å². The van der Waals surface area contributed by atoms with Crippen molar-refractivity contribution in [3.05, 3.63) is 72.9 Å². The third-order valence-electron chi connectivity index (χ3n) is 15.1. The minimum absolute atomic E-state index is 0.0827. The second kappa shape index (κ2) is 66.1. The van der Waals surface area contributed by atoms with Crippen LogP contribution in [0.2, 0.25) is 0 Å². The fourth-order valence-corrected chi connectivity index (χ4v) is 11.1. The molecular formula is C73H130O17P2. The molecule has 0 spiro atoms. The number of allylic oxidation sites excluding steroid dienone is 12. The third-order valence-corrected chi connectivity index (χ3v) is 17.0. The van der Waals surface area contributed by atoms with Crippen LogP contribution >= 0.6 is 15.6 Å². The Labute approximate surface area is 558 Å². The number of phosphoric ester groups is 2. The van der Waals surface area contributed by atoms with Crippen molar-refractivity contribution < 1.29 is 80.2 Å². The van der Waals surface area contributed by atoms with Crippen LogP contribution in [-0.4, -0.2) is 96.7 Å². The van der Waals surface area contributed by atoms with Crippen molar-refractivity contribution in [1.82, 2.24) is 0 Å². The second-order valence-corrected chi connectivity index (χ2v) is 27.0. The molecule has 0 aromatic heterocycles. The van der Waals surface area contributed by atoms with E-state index in [1.165, 1.54) is 64.2 Å². The van der Waals surface area contributed by atoms with Crippen LogP contribution in [0.15, 0.2) is 72.9 Å². The highest BCUT2D eigenvalue weighted by atomic mass is 31.2. The number of carbonyl (C=O) groups is 4. The van der Waals surface area contributed by atoms with Gasteiger partial charge in [0, 0.05) is 25.7 Å². The van der Waals surface area contributed by atoms with Crippen LogP contribution in [0.3, 0.4) is 0 Å². The van der Waals surface area contributed by atoms with Crippen molar-refractivity contribution in [1.29, 1.82) is 0 Å². The molecule has 92 heavy (non-hydrogen) atoms. The van der Waals surface area contributed by atoms with Gasteiger partial charge in [-0.3, -0.25) is 37.3 Å². The molecule has 0 aromatic rings. The molecule has 0 aliphatic rings. The van der Waals surface area contributed by atoms with E-state index >= 15 is 0 Å². The standard InChI is InChI=1S/C73H130O17P2/c1-5-9-13-17-21-25-29-32-33-36-39-42-46-50-54-58-71(76)84-64-69(90-73(78)60-56-52-48-44-40-35-31-27-23-19-15-11-7-3)66-88-92(81,82)86-62-67(74)61-85-91(79,80)87-65-68(89-72(77)59-55-51-47-43-37-28-24-20-16-12-8-4)63-83-70(75)57-53-49-45-41-38-34-30-26-22-18-14-10-6-2/h9,13,20-21,24-27,30-33,67-69,74H,5-8,10-12,14-19,22-23,28-29,34-66H2,1-4H3,(H,79,80)(H,81,82)/b13-9-,24-20-,25-21-,30-26-,31-27-,33-32-. The molecule has 0 aliphatic heterocycles. The quantitative estimate of drug-likeness (QED) is 0.0169. The van der Waals surface area contributed by atoms with Gasteiger partial charge < -0.3 is 33.8 Å². The Morgan fingerprint density at radius 3 is 0.913 bits per heavy atom. The smallest absolute Gasteiger partial charge is 0.462 e. The molecule has 0 aliphatic carbocycles. The van der Waals surface area contributed by atoms with Gasteiger partial charge in [0.05, 0.1) is 26.4 Å². The number of hydrogen-bond donors (Lipinski definition) is 3. The summed E-state index contributed by atoms with van der Waals surface area (Å²) in [5.41, 5.74) is 0. The highest BCUT2D eigenvalue weighted by molar-refractivity contribution is 7.47. The summed E-state index contributed by atoms with van der Waals surface area (Å²) in [5.74, 6) is -2.21. The van der Waals surface area contributed by atoms with Crippen molar-refractivity contribution in [3.8, 4) is 0 Å². The van der Waals surface area contributed by atoms with Gasteiger partial charge >= 0.3 is 39.5 Å². The Bertz CT molecular complexity index is 2040. The topological polar surface area (TPSA) is 237 Å². The number of unbranched alkanes of at least 4 members (excludes halogenated alkanes) is 30. The molecule has 0 radical (unpaired) electrons. The highest BCUT2D eigenvalue weighted by Gasteiger charge is 2.30. The van der Waals surface area contributed by atoms with Crippen LogP contribution in [0.4, 0.5) is 0 Å². The monoisotopic (exact) mass is 1340 g/mol. The lowest BCUT2D eigenvalue weighted by molar-refractivity contribution is -0.161. The SMILES string of the molecule is CC/C=C\C/C=C\C/C=C\CCCCCCCC(=O)OCC(COP(=O)(O)OCC(O)COP(=O)(O)OCC(COC(=O)CCCCCCC/C=C\CCCCCC)OC(=O)CCCCCCC/C=C\CCCC)OC(=O)CCCCCCC/C=C\CCCCCC. The molecule has 0 fully saturated rings. The molecule has 5 unspecified atom stereocenters. The molecule has 5 atom stereocenters. The van der Waals surface area contributed by atoms with Crippen molar-refractivity contribution in [2.75, 3.05) is 39.6 Å². The average molecular weight is 1340 g/mol. The number of aliphatic hydroxyl groups is 1. The number of esters is 4. The summed E-state index contributed by atoms with van der Waals surface area (Å²) in [6.07, 6.45) is 63.4. The van der Waals surface area contributed by atoms with E-state index in [0.717, 1.165) is 167 Å². The normalized spacial score (nSPS) is 14.5. The maximum absolute atomic E-state index is 13.0. The predicted octanol–water partition coefficient (Wildman–Crippen LogP) is 20.1. The molecule has 0 heterocycles. The van der Waals surface area contributed by atoms with E-state index in [9.17, 15) is 43.2 Å². The summed E-state index contributed by atoms with van der Waals surface area (Å²) in [6, 6.07) is 0. The van der Waals surface area contributed by atoms with Crippen LogP contribution < -0.4 is 0 Å². The van der Waals surface area contributed by atoms with Gasteiger partial charge in [0.15, 0.2) is 12.2 Å². The Morgan fingerprint density at radius 1 is 0.315 bits per heavy atom. The maximum atomic E-state index is 13.0. The van der Waals surface area contributed by atoms with Crippen molar-refractivity contribution in [2.24, 2.45) is 0 Å². The van der Waals surface area contributed by atoms with Gasteiger partial charge in [-0.25, -0.2) is 9.13 Å². The molecule has 19 heteroatoms. The summed E-state index contributed by atoms with van der Waals surface area (Å²) < 4.78 is 68.2. The van der Waals surface area contributed by atoms with E-state index in [4.69, 9.17) is 37.0 Å². The van der Waals surface area contributed by atoms with Crippen LogP contribution in [0.1, 0.15) is 310 Å². The summed E-state index contributed by atoms with van der Waals surface area (Å²) in [7, 11) is -9.94. The Balaban J connectivity index is 5.33. The molecule has 0 amide bonds. The van der Waals surface area contributed by atoms with Crippen LogP contribution in [0.5, 0.6) is 0 Å². The maximum Gasteiger partial charge on any atom is 0.472 e. The van der Waals surface area contributed by atoms with E-state index in [-0.39, 0.29) is 25.7 Å². The number of hydrogen-bond acceptors (Lipinski definition) is 15. The molecule has 0 saturated heterocycles. The first-order valence-corrected chi connectivity index (χ1v) is 39.2. The zero-order chi connectivity index (χ0) is 67.5. The van der Waals surface area contributed by atoms with E-state index in [1.807, 2.05) is 0 Å². The molecule has 534 valence electrons. The zero-order valence-electron chi connectivity index (χ0n) is 58.0. The fourth-order valence-electron chi connectivity index (χ4n) is 9.56. The number of ether oxygens (including phenoxy) is 4. The number of aliphatic hydroxyl groups excluding tert-OH is 1. The largest absolute Gasteiger partial charge is 0.472 e. The molecule has 17 nitrogen and oxygen atoms in total. The minimum Gasteiger partial charge on any atom is -0.462 e. The molecule has 0 bridgehead atoms. The second-order valence-electron chi connectivity index (χ2n) is 24.1. The average Bonchev–Trinajstić information content (AvgIpc) is 2.73. The lowest BCUT2D eigenvalue weighted by Crippen LogP contribution is -2.30. The zero-order valence-corrected chi connectivity index (χ0v) is 59.8. The lowest BCUT2D eigenvalue weighted by atomic mass is 10.1. The summed E-state index contributed by atoms with van der Waals surface area (Å²) >= 11 is 0. The summed E-state index contributed by atoms with van der Waals surface area (Å²) in [5, 5.41) is 10.6. The number of phosphoric acid groups is 2.